The molecule has 33 heavy (non-hydrogen) atoms. The van der Waals surface area contributed by atoms with Crippen LogP contribution in [0.4, 0.5) is 10.1 Å². The van der Waals surface area contributed by atoms with Crippen LogP contribution in [0.3, 0.4) is 0 Å². The Kier molecular flexibility index (Phi) is 7.32. The standard InChI is InChI=1S/C24H26FN3O5/c1-6-7-18-22(23(29)28(27-18)16-10-8-15(25)9-11-16)14(2)26-19-13-21(32-4)20(31-3)12-17(19)24(30)33-5/h8-13,27H,6-7H2,1-5H3. The van der Waals surface area contributed by atoms with Crippen LogP contribution in [0.2, 0.25) is 0 Å². The van der Waals surface area contributed by atoms with Gasteiger partial charge in [-0.3, -0.25) is 14.9 Å². The first-order valence-electron chi connectivity index (χ1n) is 10.3. The second kappa shape index (κ2) is 10.2. The molecule has 0 aliphatic carbocycles. The Bertz CT molecular complexity index is 1240. The van der Waals surface area contributed by atoms with Crippen molar-refractivity contribution in [2.24, 2.45) is 4.99 Å². The molecule has 2 aromatic carbocycles. The van der Waals surface area contributed by atoms with Crippen molar-refractivity contribution in [2.75, 3.05) is 21.3 Å². The maximum absolute atomic E-state index is 13.4. The first-order chi connectivity index (χ1) is 15.8. The number of nitrogens with one attached hydrogen (secondary N) is 1. The van der Waals surface area contributed by atoms with Gasteiger partial charge in [0.2, 0.25) is 0 Å². The number of hydrogen-bond acceptors (Lipinski definition) is 6. The van der Waals surface area contributed by atoms with E-state index in [2.05, 4.69) is 10.1 Å². The zero-order valence-corrected chi connectivity index (χ0v) is 19.2. The number of methoxy groups -OCH3 is 3. The number of carbonyl (C=O) groups excluding carboxylic acids is 1. The summed E-state index contributed by atoms with van der Waals surface area (Å²) < 4.78 is 30.2. The molecule has 1 aromatic heterocycles. The zero-order chi connectivity index (χ0) is 24.1. The van der Waals surface area contributed by atoms with Gasteiger partial charge in [0.25, 0.3) is 5.56 Å². The maximum atomic E-state index is 13.4. The molecule has 0 saturated carbocycles. The quantitative estimate of drug-likeness (QED) is 0.406. The van der Waals surface area contributed by atoms with Gasteiger partial charge in [-0.05, 0) is 37.6 Å². The summed E-state index contributed by atoms with van der Waals surface area (Å²) in [7, 11) is 4.21. The summed E-state index contributed by atoms with van der Waals surface area (Å²) in [5, 5.41) is 3.11. The van der Waals surface area contributed by atoms with E-state index in [9.17, 15) is 14.0 Å². The Morgan fingerprint density at radius 3 is 2.30 bits per heavy atom. The largest absolute Gasteiger partial charge is 0.493 e. The maximum Gasteiger partial charge on any atom is 0.340 e. The van der Waals surface area contributed by atoms with Crippen LogP contribution in [-0.4, -0.2) is 42.8 Å². The van der Waals surface area contributed by atoms with Crippen LogP contribution < -0.4 is 15.0 Å². The lowest BCUT2D eigenvalue weighted by Crippen LogP contribution is -2.19. The van der Waals surface area contributed by atoms with Crippen molar-refractivity contribution in [2.45, 2.75) is 26.7 Å². The van der Waals surface area contributed by atoms with E-state index in [1.807, 2.05) is 6.92 Å². The van der Waals surface area contributed by atoms with Crippen LogP contribution in [0.5, 0.6) is 11.5 Å². The molecule has 1 N–H and O–H groups in total. The van der Waals surface area contributed by atoms with Crippen LogP contribution in [-0.2, 0) is 11.2 Å². The number of aryl methyl sites for hydroxylation is 1. The molecule has 1 heterocycles. The minimum atomic E-state index is -0.603. The smallest absolute Gasteiger partial charge is 0.340 e. The second-order valence-electron chi connectivity index (χ2n) is 7.25. The lowest BCUT2D eigenvalue weighted by molar-refractivity contribution is 0.0601. The number of carbonyl (C=O) groups is 1. The fourth-order valence-electron chi connectivity index (χ4n) is 3.53. The van der Waals surface area contributed by atoms with E-state index < -0.39 is 11.8 Å². The number of nitrogens with zero attached hydrogens (tertiary/aromatic N) is 2. The van der Waals surface area contributed by atoms with Gasteiger partial charge in [0.05, 0.1) is 49.5 Å². The number of aromatic nitrogens is 2. The minimum Gasteiger partial charge on any atom is -0.493 e. The average molecular weight is 455 g/mol. The van der Waals surface area contributed by atoms with Crippen LogP contribution in [0.1, 0.15) is 41.9 Å². The summed E-state index contributed by atoms with van der Waals surface area (Å²) in [5.74, 6) is -0.271. The van der Waals surface area contributed by atoms with Gasteiger partial charge in [-0.1, -0.05) is 13.3 Å². The number of esters is 1. The normalized spacial score (nSPS) is 11.4. The van der Waals surface area contributed by atoms with Crippen molar-refractivity contribution >= 4 is 17.4 Å². The van der Waals surface area contributed by atoms with E-state index in [0.717, 1.165) is 6.42 Å². The SMILES string of the molecule is CCCc1[nH]n(-c2ccc(F)cc2)c(=O)c1C(C)=Nc1cc(OC)c(OC)cc1C(=O)OC. The highest BCUT2D eigenvalue weighted by Crippen LogP contribution is 2.35. The Morgan fingerprint density at radius 2 is 1.73 bits per heavy atom. The average Bonchev–Trinajstić information content (AvgIpc) is 3.14. The Balaban J connectivity index is 2.19. The van der Waals surface area contributed by atoms with E-state index in [4.69, 9.17) is 14.2 Å². The highest BCUT2D eigenvalue weighted by atomic mass is 19.1. The van der Waals surface area contributed by atoms with Crippen LogP contribution >= 0.6 is 0 Å². The fraction of sp³-hybridized carbons (Fsp3) is 0.292. The highest BCUT2D eigenvalue weighted by molar-refractivity contribution is 6.03. The minimum absolute atomic E-state index is 0.168. The number of ether oxygens (including phenoxy) is 3. The molecule has 0 unspecified atom stereocenters. The summed E-state index contributed by atoms with van der Waals surface area (Å²) in [4.78, 5) is 30.3. The molecular weight excluding hydrogens is 429 g/mol. The summed E-state index contributed by atoms with van der Waals surface area (Å²) in [6.45, 7) is 3.68. The molecule has 0 spiro atoms. The summed E-state index contributed by atoms with van der Waals surface area (Å²) in [6, 6.07) is 8.65. The van der Waals surface area contributed by atoms with E-state index in [1.165, 1.54) is 56.3 Å². The van der Waals surface area contributed by atoms with Crippen LogP contribution in [0.15, 0.2) is 46.2 Å². The van der Waals surface area contributed by atoms with Gasteiger partial charge in [-0.25, -0.2) is 13.9 Å². The number of aliphatic imine (C=N–C) groups is 1. The molecule has 0 radical (unpaired) electrons. The van der Waals surface area contributed by atoms with Gasteiger partial charge in [0.15, 0.2) is 11.5 Å². The lowest BCUT2D eigenvalue weighted by atomic mass is 10.1. The first kappa shape index (κ1) is 23.8. The highest BCUT2D eigenvalue weighted by Gasteiger charge is 2.21. The number of halogens is 1. The van der Waals surface area contributed by atoms with Crippen molar-refractivity contribution in [1.29, 1.82) is 0 Å². The molecule has 0 fully saturated rings. The zero-order valence-electron chi connectivity index (χ0n) is 19.2. The van der Waals surface area contributed by atoms with Gasteiger partial charge in [0, 0.05) is 17.8 Å². The van der Waals surface area contributed by atoms with E-state index >= 15 is 0 Å². The van der Waals surface area contributed by atoms with E-state index in [1.54, 1.807) is 13.0 Å². The number of aromatic amines is 1. The van der Waals surface area contributed by atoms with Crippen molar-refractivity contribution in [1.82, 2.24) is 9.78 Å². The van der Waals surface area contributed by atoms with Gasteiger partial charge in [-0.2, -0.15) is 0 Å². The van der Waals surface area contributed by atoms with Crippen molar-refractivity contribution in [3.63, 3.8) is 0 Å². The molecule has 0 atom stereocenters. The second-order valence-corrected chi connectivity index (χ2v) is 7.25. The first-order valence-corrected chi connectivity index (χ1v) is 10.3. The number of benzene rings is 2. The molecule has 3 aromatic rings. The number of H-pyrrole nitrogens is 1. The van der Waals surface area contributed by atoms with Crippen LogP contribution in [0.25, 0.3) is 5.69 Å². The summed E-state index contributed by atoms with van der Waals surface area (Å²) >= 11 is 0. The fourth-order valence-corrected chi connectivity index (χ4v) is 3.53. The van der Waals surface area contributed by atoms with Gasteiger partial charge >= 0.3 is 5.97 Å². The van der Waals surface area contributed by atoms with E-state index in [0.29, 0.717) is 40.6 Å². The van der Waals surface area contributed by atoms with Gasteiger partial charge in [0.1, 0.15) is 5.82 Å². The third kappa shape index (κ3) is 4.82. The van der Waals surface area contributed by atoms with Crippen LogP contribution in [0, 0.1) is 5.82 Å². The molecule has 3 rings (SSSR count). The predicted molar refractivity (Wildman–Crippen MR) is 123 cm³/mol. The number of rotatable bonds is 8. The topological polar surface area (TPSA) is 94.9 Å². The Morgan fingerprint density at radius 1 is 1.09 bits per heavy atom. The molecule has 0 saturated heterocycles. The Labute approximate surface area is 190 Å². The predicted octanol–water partition coefficient (Wildman–Crippen LogP) is 4.20. The van der Waals surface area contributed by atoms with Crippen molar-refractivity contribution in [3.8, 4) is 17.2 Å². The number of hydrogen-bond donors (Lipinski definition) is 1. The van der Waals surface area contributed by atoms with E-state index in [-0.39, 0.29) is 16.8 Å². The Hall–Kier alpha value is -3.88. The molecule has 9 heteroatoms. The molecule has 0 aliphatic rings. The van der Waals surface area contributed by atoms with Crippen molar-refractivity contribution in [3.05, 3.63) is 69.4 Å². The molecule has 0 aliphatic heterocycles. The summed E-state index contributed by atoms with van der Waals surface area (Å²) in [5.41, 5.74) is 2.08. The third-order valence-corrected chi connectivity index (χ3v) is 5.11. The monoisotopic (exact) mass is 455 g/mol. The molecule has 0 bridgehead atoms. The van der Waals surface area contributed by atoms with Crippen molar-refractivity contribution < 1.29 is 23.4 Å². The molecule has 174 valence electrons. The molecule has 8 nitrogen and oxygen atoms in total. The lowest BCUT2D eigenvalue weighted by Gasteiger charge is -2.12. The third-order valence-electron chi connectivity index (χ3n) is 5.11. The summed E-state index contributed by atoms with van der Waals surface area (Å²) in [6.07, 6.45) is 1.38. The molecular formula is C24H26FN3O5. The van der Waals surface area contributed by atoms with Gasteiger partial charge < -0.3 is 14.2 Å². The molecule has 0 amide bonds. The van der Waals surface area contributed by atoms with Gasteiger partial charge in [-0.15, -0.1) is 0 Å².